The van der Waals surface area contributed by atoms with Crippen LogP contribution in [0.1, 0.15) is 297 Å². The molecule has 0 fully saturated rings. The van der Waals surface area contributed by atoms with Crippen LogP contribution in [0.2, 0.25) is 0 Å². The molecule has 6 heteroatoms. The lowest BCUT2D eigenvalue weighted by atomic mass is 10.1. The number of allylic oxidation sites excluding steroid dienone is 10. The van der Waals surface area contributed by atoms with Gasteiger partial charge in [0.05, 0.1) is 0 Å². The Morgan fingerprint density at radius 3 is 0.868 bits per heavy atom. The van der Waals surface area contributed by atoms with Crippen molar-refractivity contribution in [1.29, 1.82) is 0 Å². The van der Waals surface area contributed by atoms with Gasteiger partial charge in [-0.1, -0.05) is 229 Å². The van der Waals surface area contributed by atoms with E-state index in [4.69, 9.17) is 14.2 Å². The van der Waals surface area contributed by atoms with Crippen molar-refractivity contribution in [1.82, 2.24) is 0 Å². The zero-order valence-electron chi connectivity index (χ0n) is 45.1. The maximum Gasteiger partial charge on any atom is 0.306 e. The average Bonchev–Trinajstić information content (AvgIpc) is 3.34. The third kappa shape index (κ3) is 54.1. The van der Waals surface area contributed by atoms with E-state index >= 15 is 0 Å². The SMILES string of the molecule is CCCCC/C=C\C/C=C\C/C=C\CCCCCCCCC(=O)OC[C@@H](COC(=O)CCCCCCC/C=C\CCCCCCC)OC(=O)CCCCCCCCC/C=C\CCCCCCCC. The Labute approximate surface area is 421 Å². The minimum atomic E-state index is -0.785. The molecule has 0 aromatic heterocycles. The molecule has 0 bridgehead atoms. The lowest BCUT2D eigenvalue weighted by Crippen LogP contribution is -2.30. The normalized spacial score (nSPS) is 12.5. The molecule has 68 heavy (non-hydrogen) atoms. The third-order valence-electron chi connectivity index (χ3n) is 12.7. The summed E-state index contributed by atoms with van der Waals surface area (Å²) in [5, 5.41) is 0. The van der Waals surface area contributed by atoms with Gasteiger partial charge in [-0.25, -0.2) is 0 Å². The van der Waals surface area contributed by atoms with E-state index in [0.717, 1.165) is 83.5 Å². The zero-order valence-corrected chi connectivity index (χ0v) is 45.1. The topological polar surface area (TPSA) is 78.9 Å². The Morgan fingerprint density at radius 1 is 0.294 bits per heavy atom. The summed E-state index contributed by atoms with van der Waals surface area (Å²) in [4.78, 5) is 38.2. The number of unbranched alkanes of at least 4 members (excludes halogenated alkanes) is 32. The Kier molecular flexibility index (Phi) is 54.3. The lowest BCUT2D eigenvalue weighted by Gasteiger charge is -2.18. The summed E-state index contributed by atoms with van der Waals surface area (Å²) in [6.45, 7) is 6.60. The van der Waals surface area contributed by atoms with E-state index in [1.54, 1.807) is 0 Å². The van der Waals surface area contributed by atoms with Gasteiger partial charge in [-0.15, -0.1) is 0 Å². The van der Waals surface area contributed by atoms with Crippen molar-refractivity contribution in [3.63, 3.8) is 0 Å². The molecule has 394 valence electrons. The number of rotatable bonds is 53. The van der Waals surface area contributed by atoms with E-state index in [0.29, 0.717) is 19.3 Å². The van der Waals surface area contributed by atoms with E-state index < -0.39 is 6.10 Å². The maximum absolute atomic E-state index is 12.9. The van der Waals surface area contributed by atoms with Gasteiger partial charge < -0.3 is 14.2 Å². The first-order chi connectivity index (χ1) is 33.5. The summed E-state index contributed by atoms with van der Waals surface area (Å²) in [5.74, 6) is -0.898. The van der Waals surface area contributed by atoms with Gasteiger partial charge in [0.1, 0.15) is 13.2 Å². The van der Waals surface area contributed by atoms with Crippen molar-refractivity contribution in [3.8, 4) is 0 Å². The lowest BCUT2D eigenvalue weighted by molar-refractivity contribution is -0.167. The van der Waals surface area contributed by atoms with Gasteiger partial charge >= 0.3 is 17.9 Å². The summed E-state index contributed by atoms with van der Waals surface area (Å²) < 4.78 is 16.9. The third-order valence-corrected chi connectivity index (χ3v) is 12.7. The van der Waals surface area contributed by atoms with Crippen molar-refractivity contribution in [2.75, 3.05) is 13.2 Å². The molecule has 0 heterocycles. The van der Waals surface area contributed by atoms with Crippen molar-refractivity contribution >= 4 is 17.9 Å². The molecule has 1 atom stereocenters. The van der Waals surface area contributed by atoms with Crippen LogP contribution < -0.4 is 0 Å². The smallest absolute Gasteiger partial charge is 0.306 e. The summed E-state index contributed by atoms with van der Waals surface area (Å²) >= 11 is 0. The minimum Gasteiger partial charge on any atom is -0.462 e. The molecular formula is C62H110O6. The number of hydrogen-bond acceptors (Lipinski definition) is 6. The summed E-state index contributed by atoms with van der Waals surface area (Å²) in [5.41, 5.74) is 0. The maximum atomic E-state index is 12.9. The van der Waals surface area contributed by atoms with E-state index in [1.807, 2.05) is 0 Å². The molecule has 0 saturated heterocycles. The molecule has 0 aromatic carbocycles. The Balaban J connectivity index is 4.40. The highest BCUT2D eigenvalue weighted by Crippen LogP contribution is 2.15. The zero-order chi connectivity index (χ0) is 49.3. The predicted molar refractivity (Wildman–Crippen MR) is 293 cm³/mol. The highest BCUT2D eigenvalue weighted by Gasteiger charge is 2.19. The van der Waals surface area contributed by atoms with Crippen LogP contribution in [0, 0.1) is 0 Å². The van der Waals surface area contributed by atoms with E-state index in [1.165, 1.54) is 173 Å². The van der Waals surface area contributed by atoms with Crippen LogP contribution in [0.4, 0.5) is 0 Å². The number of hydrogen-bond donors (Lipinski definition) is 0. The fourth-order valence-corrected chi connectivity index (χ4v) is 8.26. The van der Waals surface area contributed by atoms with Crippen molar-refractivity contribution in [2.45, 2.75) is 303 Å². The van der Waals surface area contributed by atoms with E-state index in [9.17, 15) is 14.4 Å². The van der Waals surface area contributed by atoms with Crippen LogP contribution in [-0.2, 0) is 28.6 Å². The Bertz CT molecular complexity index is 1230. The first-order valence-corrected chi connectivity index (χ1v) is 29.3. The van der Waals surface area contributed by atoms with Gasteiger partial charge in [-0.3, -0.25) is 14.4 Å². The number of ether oxygens (including phenoxy) is 3. The second-order valence-electron chi connectivity index (χ2n) is 19.5. The van der Waals surface area contributed by atoms with Crippen molar-refractivity contribution in [3.05, 3.63) is 60.8 Å². The first kappa shape index (κ1) is 65.1. The average molecular weight is 952 g/mol. The summed E-state index contributed by atoms with van der Waals surface area (Å²) in [6.07, 6.45) is 70.6. The molecule has 6 nitrogen and oxygen atoms in total. The van der Waals surface area contributed by atoms with Crippen molar-refractivity contribution < 1.29 is 28.6 Å². The molecule has 0 aliphatic rings. The van der Waals surface area contributed by atoms with Gasteiger partial charge in [-0.2, -0.15) is 0 Å². The molecule has 0 aromatic rings. The van der Waals surface area contributed by atoms with E-state index in [2.05, 4.69) is 81.5 Å². The highest BCUT2D eigenvalue weighted by molar-refractivity contribution is 5.71. The van der Waals surface area contributed by atoms with Gasteiger partial charge in [0, 0.05) is 19.3 Å². The van der Waals surface area contributed by atoms with Crippen LogP contribution in [-0.4, -0.2) is 37.2 Å². The first-order valence-electron chi connectivity index (χ1n) is 29.3. The van der Waals surface area contributed by atoms with Crippen LogP contribution in [0.15, 0.2) is 60.8 Å². The summed E-state index contributed by atoms with van der Waals surface area (Å²) in [7, 11) is 0. The number of carbonyl (C=O) groups excluding carboxylic acids is 3. The monoisotopic (exact) mass is 951 g/mol. The van der Waals surface area contributed by atoms with Gasteiger partial charge in [0.15, 0.2) is 6.10 Å². The quantitative estimate of drug-likeness (QED) is 0.0262. The van der Waals surface area contributed by atoms with Crippen LogP contribution >= 0.6 is 0 Å². The Hall–Kier alpha value is -2.89. The molecular weight excluding hydrogens is 841 g/mol. The molecule has 0 saturated carbocycles. The molecule has 0 amide bonds. The van der Waals surface area contributed by atoms with Crippen LogP contribution in [0.5, 0.6) is 0 Å². The molecule has 0 aliphatic heterocycles. The number of esters is 3. The molecule has 0 radical (unpaired) electrons. The fraction of sp³-hybridized carbons (Fsp3) is 0.790. The van der Waals surface area contributed by atoms with Gasteiger partial charge in [0.2, 0.25) is 0 Å². The minimum absolute atomic E-state index is 0.0836. The van der Waals surface area contributed by atoms with Crippen molar-refractivity contribution in [2.24, 2.45) is 0 Å². The fourth-order valence-electron chi connectivity index (χ4n) is 8.26. The largest absolute Gasteiger partial charge is 0.462 e. The molecule has 0 spiro atoms. The number of carbonyl (C=O) groups is 3. The van der Waals surface area contributed by atoms with Gasteiger partial charge in [0.25, 0.3) is 0 Å². The Morgan fingerprint density at radius 2 is 0.529 bits per heavy atom. The second-order valence-corrected chi connectivity index (χ2v) is 19.5. The molecule has 0 aliphatic carbocycles. The van der Waals surface area contributed by atoms with E-state index in [-0.39, 0.29) is 31.1 Å². The van der Waals surface area contributed by atoms with Crippen LogP contribution in [0.25, 0.3) is 0 Å². The van der Waals surface area contributed by atoms with Gasteiger partial charge in [-0.05, 0) is 109 Å². The highest BCUT2D eigenvalue weighted by atomic mass is 16.6. The molecule has 0 unspecified atom stereocenters. The summed E-state index contributed by atoms with van der Waals surface area (Å²) in [6, 6.07) is 0. The second kappa shape index (κ2) is 56.7. The molecule has 0 N–H and O–H groups in total. The van der Waals surface area contributed by atoms with Crippen LogP contribution in [0.3, 0.4) is 0 Å². The standard InChI is InChI=1S/C62H110O6/c1-4-7-10-13-16-19-22-25-28-30-31-33-34-37-40-43-46-49-52-55-61(64)67-58-59(57-66-60(63)54-51-48-45-42-39-36-27-24-21-18-15-12-9-6-3)68-62(65)56-53-50-47-44-41-38-35-32-29-26-23-20-17-14-11-8-5-2/h16,19,24-29,31,33,59H,4-15,17-18,20-23,30,32,34-58H2,1-3H3/b19-16-,27-24-,28-25-,29-26-,33-31-/t59-/m1/s1. The molecule has 0 rings (SSSR count). The predicted octanol–water partition coefficient (Wildman–Crippen LogP) is 19.6.